The van der Waals surface area contributed by atoms with E-state index >= 15 is 0 Å². The molecule has 0 unspecified atom stereocenters. The number of carbonyl (C=O) groups excluding carboxylic acids is 1. The van der Waals surface area contributed by atoms with Gasteiger partial charge in [0.2, 0.25) is 0 Å². The lowest BCUT2D eigenvalue weighted by molar-refractivity contribution is 0.0792. The second-order valence-corrected chi connectivity index (χ2v) is 5.25. The summed E-state index contributed by atoms with van der Waals surface area (Å²) >= 11 is 0. The molecule has 4 nitrogen and oxygen atoms in total. The molecule has 3 rings (SSSR count). The molecule has 0 aliphatic carbocycles. The normalized spacial score (nSPS) is 10.8. The minimum atomic E-state index is -0.320. The quantitative estimate of drug-likeness (QED) is 0.804. The summed E-state index contributed by atoms with van der Waals surface area (Å²) in [5.74, 6) is -0.426. The van der Waals surface area contributed by atoms with Crippen molar-refractivity contribution in [1.29, 1.82) is 0 Å². The van der Waals surface area contributed by atoms with Gasteiger partial charge in [-0.2, -0.15) is 0 Å². The van der Waals surface area contributed by atoms with Crippen LogP contribution in [-0.4, -0.2) is 34.4 Å². The van der Waals surface area contributed by atoms with Gasteiger partial charge >= 0.3 is 0 Å². The Bertz CT molecular complexity index is 798. The molecule has 0 fully saturated rings. The maximum atomic E-state index is 13.2. The summed E-state index contributed by atoms with van der Waals surface area (Å²) in [6, 6.07) is 10.1. The number of nitrogens with zero attached hydrogens (tertiary/aromatic N) is 2. The molecule has 112 valence electrons. The van der Waals surface area contributed by atoms with Crippen molar-refractivity contribution in [1.82, 2.24) is 14.9 Å². The molecule has 0 radical (unpaired) electrons. The number of aromatic nitrogens is 2. The molecular formula is C17H16FN3O. The van der Waals surface area contributed by atoms with Crippen LogP contribution in [0.15, 0.2) is 48.8 Å². The Morgan fingerprint density at radius 1 is 1.23 bits per heavy atom. The molecule has 1 amide bonds. The molecule has 5 heteroatoms. The smallest absolute Gasteiger partial charge is 0.270 e. The first-order valence-corrected chi connectivity index (χ1v) is 7.06. The molecule has 22 heavy (non-hydrogen) atoms. The van der Waals surface area contributed by atoms with Crippen LogP contribution < -0.4 is 0 Å². The van der Waals surface area contributed by atoms with Crippen LogP contribution in [0, 0.1) is 5.82 Å². The molecule has 0 saturated heterocycles. The SMILES string of the molecule is CN(CCc1ccncc1)C(=O)c1cc2ccc(F)cc2[nH]1. The summed E-state index contributed by atoms with van der Waals surface area (Å²) in [4.78, 5) is 21.0. The van der Waals surface area contributed by atoms with E-state index in [2.05, 4.69) is 9.97 Å². The lowest BCUT2D eigenvalue weighted by Gasteiger charge is -2.16. The number of halogens is 1. The van der Waals surface area contributed by atoms with Crippen molar-refractivity contribution in [2.24, 2.45) is 0 Å². The van der Waals surface area contributed by atoms with Crippen LogP contribution >= 0.6 is 0 Å². The van der Waals surface area contributed by atoms with Crippen LogP contribution in [-0.2, 0) is 6.42 Å². The summed E-state index contributed by atoms with van der Waals surface area (Å²) in [5.41, 5.74) is 2.23. The van der Waals surface area contributed by atoms with Gasteiger partial charge in [-0.05, 0) is 48.4 Å². The second-order valence-electron chi connectivity index (χ2n) is 5.25. The van der Waals surface area contributed by atoms with Crippen molar-refractivity contribution in [3.63, 3.8) is 0 Å². The second kappa shape index (κ2) is 5.97. The van der Waals surface area contributed by atoms with E-state index in [1.165, 1.54) is 12.1 Å². The first-order chi connectivity index (χ1) is 10.6. The number of rotatable bonds is 4. The third kappa shape index (κ3) is 2.98. The van der Waals surface area contributed by atoms with Gasteiger partial charge in [0.15, 0.2) is 0 Å². The largest absolute Gasteiger partial charge is 0.350 e. The third-order valence-electron chi connectivity index (χ3n) is 3.65. The van der Waals surface area contributed by atoms with Gasteiger partial charge in [-0.15, -0.1) is 0 Å². The van der Waals surface area contributed by atoms with Gasteiger partial charge < -0.3 is 9.88 Å². The molecule has 0 atom stereocenters. The van der Waals surface area contributed by atoms with Gasteiger partial charge in [-0.1, -0.05) is 0 Å². The molecule has 0 saturated carbocycles. The summed E-state index contributed by atoms with van der Waals surface area (Å²) in [5, 5.41) is 0.826. The number of pyridine rings is 1. The zero-order valence-electron chi connectivity index (χ0n) is 12.2. The molecule has 2 aromatic heterocycles. The highest BCUT2D eigenvalue weighted by molar-refractivity contribution is 5.97. The van der Waals surface area contributed by atoms with Crippen molar-refractivity contribution in [3.05, 3.63) is 65.9 Å². The van der Waals surface area contributed by atoms with Crippen molar-refractivity contribution in [2.45, 2.75) is 6.42 Å². The van der Waals surface area contributed by atoms with Crippen LogP contribution in [0.2, 0.25) is 0 Å². The Balaban J connectivity index is 1.71. The maximum absolute atomic E-state index is 13.2. The average molecular weight is 297 g/mol. The van der Waals surface area contributed by atoms with Crippen LogP contribution in [0.25, 0.3) is 10.9 Å². The molecule has 1 N–H and O–H groups in total. The number of likely N-dealkylation sites (N-methyl/N-ethyl adjacent to an activating group) is 1. The fourth-order valence-electron chi connectivity index (χ4n) is 2.37. The van der Waals surface area contributed by atoms with Crippen molar-refractivity contribution < 1.29 is 9.18 Å². The van der Waals surface area contributed by atoms with Crippen LogP contribution in [0.5, 0.6) is 0 Å². The molecule has 0 aliphatic heterocycles. The predicted octanol–water partition coefficient (Wildman–Crippen LogP) is 3.02. The third-order valence-corrected chi connectivity index (χ3v) is 3.65. The van der Waals surface area contributed by atoms with Crippen molar-refractivity contribution >= 4 is 16.8 Å². The summed E-state index contributed by atoms with van der Waals surface area (Å²) in [6.45, 7) is 0.604. The number of benzene rings is 1. The first kappa shape index (κ1) is 14.3. The van der Waals surface area contributed by atoms with E-state index in [4.69, 9.17) is 0 Å². The van der Waals surface area contributed by atoms with Crippen molar-refractivity contribution in [3.8, 4) is 0 Å². The van der Waals surface area contributed by atoms with E-state index in [0.29, 0.717) is 17.8 Å². The van der Waals surface area contributed by atoms with Crippen molar-refractivity contribution in [2.75, 3.05) is 13.6 Å². The van der Waals surface area contributed by atoms with E-state index in [-0.39, 0.29) is 11.7 Å². The number of nitrogens with one attached hydrogen (secondary N) is 1. The molecule has 0 bridgehead atoms. The zero-order chi connectivity index (χ0) is 15.5. The van der Waals surface area contributed by atoms with Gasteiger partial charge in [-0.25, -0.2) is 4.39 Å². The minimum Gasteiger partial charge on any atom is -0.350 e. The summed E-state index contributed by atoms with van der Waals surface area (Å²) < 4.78 is 13.2. The van der Waals surface area contributed by atoms with Gasteiger partial charge in [-0.3, -0.25) is 9.78 Å². The number of carbonyl (C=O) groups is 1. The Kier molecular flexibility index (Phi) is 3.87. The van der Waals surface area contributed by atoms with Gasteiger partial charge in [0.05, 0.1) is 0 Å². The molecule has 0 spiro atoms. The number of fused-ring (bicyclic) bond motifs is 1. The fourth-order valence-corrected chi connectivity index (χ4v) is 2.37. The van der Waals surface area contributed by atoms with E-state index in [0.717, 1.165) is 17.4 Å². The average Bonchev–Trinajstić information content (AvgIpc) is 2.95. The Hall–Kier alpha value is -2.69. The van der Waals surface area contributed by atoms with Crippen LogP contribution in [0.1, 0.15) is 16.1 Å². The first-order valence-electron chi connectivity index (χ1n) is 7.06. The fraction of sp³-hybridized carbons (Fsp3) is 0.176. The van der Waals surface area contributed by atoms with Gasteiger partial charge in [0.25, 0.3) is 5.91 Å². The Morgan fingerprint density at radius 2 is 2.00 bits per heavy atom. The predicted molar refractivity (Wildman–Crippen MR) is 83.2 cm³/mol. The molecule has 0 aliphatic rings. The summed E-state index contributed by atoms with van der Waals surface area (Å²) in [7, 11) is 1.76. The van der Waals surface area contributed by atoms with E-state index in [1.54, 1.807) is 36.5 Å². The number of aromatic amines is 1. The summed E-state index contributed by atoms with van der Waals surface area (Å²) in [6.07, 6.45) is 4.24. The topological polar surface area (TPSA) is 49.0 Å². The van der Waals surface area contributed by atoms with E-state index in [1.807, 2.05) is 12.1 Å². The van der Waals surface area contributed by atoms with Crippen LogP contribution in [0.3, 0.4) is 0 Å². The highest BCUT2D eigenvalue weighted by atomic mass is 19.1. The molecular weight excluding hydrogens is 281 g/mol. The van der Waals surface area contributed by atoms with Crippen LogP contribution in [0.4, 0.5) is 4.39 Å². The zero-order valence-corrected chi connectivity index (χ0v) is 12.2. The number of hydrogen-bond acceptors (Lipinski definition) is 2. The Labute approximate surface area is 127 Å². The highest BCUT2D eigenvalue weighted by Crippen LogP contribution is 2.17. The monoisotopic (exact) mass is 297 g/mol. The lowest BCUT2D eigenvalue weighted by Crippen LogP contribution is -2.29. The van der Waals surface area contributed by atoms with Gasteiger partial charge in [0.1, 0.15) is 11.5 Å². The maximum Gasteiger partial charge on any atom is 0.270 e. The highest BCUT2D eigenvalue weighted by Gasteiger charge is 2.14. The van der Waals surface area contributed by atoms with E-state index in [9.17, 15) is 9.18 Å². The lowest BCUT2D eigenvalue weighted by atomic mass is 10.2. The number of hydrogen-bond donors (Lipinski definition) is 1. The van der Waals surface area contributed by atoms with E-state index < -0.39 is 0 Å². The molecule has 3 aromatic rings. The minimum absolute atomic E-state index is 0.106. The number of amides is 1. The van der Waals surface area contributed by atoms with Gasteiger partial charge in [0, 0.05) is 36.9 Å². The molecule has 2 heterocycles. The Morgan fingerprint density at radius 3 is 2.77 bits per heavy atom. The molecule has 1 aromatic carbocycles. The standard InChI is InChI=1S/C17H16FN3O/c1-21(9-6-12-4-7-19-8-5-12)17(22)16-10-13-2-3-14(18)11-15(13)20-16/h2-5,7-8,10-11,20H,6,9H2,1H3. The number of H-pyrrole nitrogens is 1.